The molecule has 0 saturated carbocycles. The lowest BCUT2D eigenvalue weighted by Gasteiger charge is -2.16. The van der Waals surface area contributed by atoms with Gasteiger partial charge >= 0.3 is 0 Å². The highest BCUT2D eigenvalue weighted by Gasteiger charge is 2.13. The summed E-state index contributed by atoms with van der Waals surface area (Å²) in [6.45, 7) is 3.58. The molecule has 2 aromatic rings. The highest BCUT2D eigenvalue weighted by molar-refractivity contribution is 7.92. The molecule has 0 amide bonds. The van der Waals surface area contributed by atoms with Crippen molar-refractivity contribution >= 4 is 43.7 Å². The van der Waals surface area contributed by atoms with Gasteiger partial charge in [0.05, 0.1) is 11.4 Å². The maximum Gasteiger partial charge on any atom is 0.249 e. The van der Waals surface area contributed by atoms with Gasteiger partial charge in [0.25, 0.3) is 0 Å². The summed E-state index contributed by atoms with van der Waals surface area (Å²) in [6, 6.07) is 5.29. The van der Waals surface area contributed by atoms with Crippen molar-refractivity contribution < 1.29 is 8.42 Å². The Bertz CT molecular complexity index is 830. The molecule has 1 aromatic carbocycles. The van der Waals surface area contributed by atoms with Gasteiger partial charge < -0.3 is 4.90 Å². The summed E-state index contributed by atoms with van der Waals surface area (Å²) in [5, 5.41) is 8.57. The van der Waals surface area contributed by atoms with E-state index in [-0.39, 0.29) is 5.75 Å². The average Bonchev–Trinajstić information content (AvgIpc) is 2.90. The molecular formula is C14H20N6O2S2. The minimum absolute atomic E-state index is 0.0470. The van der Waals surface area contributed by atoms with Crippen LogP contribution < -0.4 is 9.62 Å². The van der Waals surface area contributed by atoms with E-state index in [1.165, 1.54) is 0 Å². The van der Waals surface area contributed by atoms with E-state index in [1.807, 2.05) is 32.0 Å². The van der Waals surface area contributed by atoms with Crippen LogP contribution in [0, 0.1) is 6.92 Å². The maximum absolute atomic E-state index is 12.1. The summed E-state index contributed by atoms with van der Waals surface area (Å²) in [4.78, 5) is 5.99. The Morgan fingerprint density at radius 1 is 1.29 bits per heavy atom. The summed E-state index contributed by atoms with van der Waals surface area (Å²) in [5.74, 6) is 0.673. The van der Waals surface area contributed by atoms with Crippen LogP contribution in [0.25, 0.3) is 0 Å². The molecule has 0 unspecified atom stereocenters. The normalized spacial score (nSPS) is 11.8. The van der Waals surface area contributed by atoms with E-state index in [2.05, 4.69) is 24.3 Å². The minimum atomic E-state index is -3.42. The van der Waals surface area contributed by atoms with Crippen LogP contribution in [0.4, 0.5) is 22.2 Å². The summed E-state index contributed by atoms with van der Waals surface area (Å²) >= 11 is 1.14. The molecule has 0 aliphatic heterocycles. The quantitative estimate of drug-likeness (QED) is 0.754. The molecule has 0 aliphatic rings. The number of anilines is 2. The number of aryl methyl sites for hydroxylation is 1. The van der Waals surface area contributed by atoms with Crippen molar-refractivity contribution in [3.63, 3.8) is 0 Å². The fourth-order valence-electron chi connectivity index (χ4n) is 1.88. The van der Waals surface area contributed by atoms with Crippen LogP contribution in [0.5, 0.6) is 0 Å². The number of nitrogens with one attached hydrogen (secondary N) is 1. The summed E-state index contributed by atoms with van der Waals surface area (Å²) < 4.78 is 30.8. The molecule has 1 N–H and O–H groups in total. The third-order valence-electron chi connectivity index (χ3n) is 2.99. The molecule has 24 heavy (non-hydrogen) atoms. The third-order valence-corrected chi connectivity index (χ3v) is 5.16. The van der Waals surface area contributed by atoms with Gasteiger partial charge in [0, 0.05) is 31.3 Å². The van der Waals surface area contributed by atoms with Crippen LogP contribution >= 0.6 is 11.5 Å². The summed E-state index contributed by atoms with van der Waals surface area (Å²) in [7, 11) is 0.336. The van der Waals surface area contributed by atoms with E-state index in [9.17, 15) is 8.42 Å². The molecule has 0 radical (unpaired) electrons. The van der Waals surface area contributed by atoms with E-state index >= 15 is 0 Å². The Labute approximate surface area is 145 Å². The first-order chi connectivity index (χ1) is 11.3. The van der Waals surface area contributed by atoms with Crippen molar-refractivity contribution in [1.29, 1.82) is 0 Å². The Hall–Kier alpha value is -2.07. The Kier molecular flexibility index (Phi) is 5.84. The zero-order valence-corrected chi connectivity index (χ0v) is 15.6. The molecule has 0 spiro atoms. The molecule has 130 valence electrons. The molecule has 0 fully saturated rings. The zero-order valence-electron chi connectivity index (χ0n) is 14.0. The first kappa shape index (κ1) is 18.3. The predicted molar refractivity (Wildman–Crippen MR) is 97.3 cm³/mol. The highest BCUT2D eigenvalue weighted by Crippen LogP contribution is 2.32. The van der Waals surface area contributed by atoms with Crippen LogP contribution in [0.1, 0.15) is 19.2 Å². The van der Waals surface area contributed by atoms with Gasteiger partial charge in [-0.15, -0.1) is 10.2 Å². The monoisotopic (exact) mass is 368 g/mol. The van der Waals surface area contributed by atoms with Gasteiger partial charge in [0.1, 0.15) is 11.5 Å². The van der Waals surface area contributed by atoms with Gasteiger partial charge in [-0.3, -0.25) is 4.72 Å². The van der Waals surface area contributed by atoms with Crippen LogP contribution in [0.3, 0.4) is 0 Å². The molecule has 0 saturated heterocycles. The van der Waals surface area contributed by atoms with Gasteiger partial charge in [0.15, 0.2) is 0 Å². The van der Waals surface area contributed by atoms with Gasteiger partial charge in [0.2, 0.25) is 15.2 Å². The largest absolute Gasteiger partial charge is 0.378 e. The molecule has 2 rings (SSSR count). The molecule has 0 aliphatic carbocycles. The van der Waals surface area contributed by atoms with Crippen LogP contribution in [-0.4, -0.2) is 37.6 Å². The summed E-state index contributed by atoms with van der Waals surface area (Å²) in [6.07, 6.45) is 0.531. The van der Waals surface area contributed by atoms with E-state index in [1.54, 1.807) is 19.1 Å². The topological polar surface area (TPSA) is 99.9 Å². The number of azo groups is 1. The van der Waals surface area contributed by atoms with Gasteiger partial charge in [-0.2, -0.15) is 4.37 Å². The fraction of sp³-hybridized carbons (Fsp3) is 0.429. The molecule has 8 nitrogen and oxygen atoms in total. The van der Waals surface area contributed by atoms with Crippen molar-refractivity contribution in [1.82, 2.24) is 9.36 Å². The number of sulfonamides is 1. The Balaban J connectivity index is 2.37. The van der Waals surface area contributed by atoms with Crippen molar-refractivity contribution in [3.05, 3.63) is 24.0 Å². The highest BCUT2D eigenvalue weighted by atomic mass is 32.2. The third kappa shape index (κ3) is 4.96. The smallest absolute Gasteiger partial charge is 0.249 e. The van der Waals surface area contributed by atoms with Crippen molar-refractivity contribution in [2.75, 3.05) is 29.5 Å². The van der Waals surface area contributed by atoms with Crippen molar-refractivity contribution in [3.8, 4) is 0 Å². The predicted octanol–water partition coefficient (Wildman–Crippen LogP) is 3.48. The lowest BCUT2D eigenvalue weighted by molar-refractivity contribution is 0.600. The second kappa shape index (κ2) is 7.67. The molecule has 1 aromatic heterocycles. The average molecular weight is 368 g/mol. The fourth-order valence-corrected chi connectivity index (χ4v) is 3.52. The van der Waals surface area contributed by atoms with E-state index in [0.717, 1.165) is 17.2 Å². The zero-order chi connectivity index (χ0) is 17.7. The molecule has 0 bridgehead atoms. The first-order valence-electron chi connectivity index (χ1n) is 7.34. The molecule has 0 atom stereocenters. The van der Waals surface area contributed by atoms with Crippen molar-refractivity contribution in [2.24, 2.45) is 10.2 Å². The van der Waals surface area contributed by atoms with Gasteiger partial charge in [-0.05, 0) is 31.5 Å². The second-order valence-corrected chi connectivity index (χ2v) is 7.91. The number of hydrogen-bond acceptors (Lipinski definition) is 8. The van der Waals surface area contributed by atoms with E-state index in [0.29, 0.717) is 28.8 Å². The van der Waals surface area contributed by atoms with Gasteiger partial charge in [-0.1, -0.05) is 6.92 Å². The van der Waals surface area contributed by atoms with Crippen molar-refractivity contribution in [2.45, 2.75) is 20.3 Å². The standard InChI is InChI=1S/C14H20N6O2S2/c1-5-8-24(21,22)19-13-9-11(20(3)4)6-7-12(13)16-17-14-15-10(2)18-23-14/h6-7,9,19H,5,8H2,1-4H3. The van der Waals surface area contributed by atoms with Crippen LogP contribution in [-0.2, 0) is 10.0 Å². The number of rotatable bonds is 7. The molecule has 10 heteroatoms. The van der Waals surface area contributed by atoms with Gasteiger partial charge in [-0.25, -0.2) is 13.4 Å². The number of benzene rings is 1. The maximum atomic E-state index is 12.1. The molecule has 1 heterocycles. The summed E-state index contributed by atoms with van der Waals surface area (Å²) in [5.41, 5.74) is 1.67. The Morgan fingerprint density at radius 3 is 2.62 bits per heavy atom. The molecular weight excluding hydrogens is 348 g/mol. The SMILES string of the molecule is CCCS(=O)(=O)Nc1cc(N(C)C)ccc1N=Nc1nc(C)ns1. The van der Waals surface area contributed by atoms with E-state index in [4.69, 9.17) is 0 Å². The van der Waals surface area contributed by atoms with E-state index < -0.39 is 10.0 Å². The van der Waals surface area contributed by atoms with Crippen LogP contribution in [0.2, 0.25) is 0 Å². The Morgan fingerprint density at radius 2 is 2.04 bits per heavy atom. The number of hydrogen-bond donors (Lipinski definition) is 1. The lowest BCUT2D eigenvalue weighted by Crippen LogP contribution is -2.17. The number of aromatic nitrogens is 2. The lowest BCUT2D eigenvalue weighted by atomic mass is 10.2. The number of nitrogens with zero attached hydrogens (tertiary/aromatic N) is 5. The second-order valence-electron chi connectivity index (χ2n) is 5.34. The first-order valence-corrected chi connectivity index (χ1v) is 9.77. The van der Waals surface area contributed by atoms with Crippen LogP contribution in [0.15, 0.2) is 28.4 Å². The minimum Gasteiger partial charge on any atom is -0.378 e.